The average Bonchev–Trinajstić information content (AvgIpc) is 2.31. The van der Waals surface area contributed by atoms with Gasteiger partial charge in [-0.15, -0.1) is 0 Å². The minimum absolute atomic E-state index is 0.0268. The molecule has 2 rings (SSSR count). The molecule has 0 radical (unpaired) electrons. The van der Waals surface area contributed by atoms with E-state index < -0.39 is 5.95 Å². The topological polar surface area (TPSA) is 36.7 Å². The summed E-state index contributed by atoms with van der Waals surface area (Å²) in [5.74, 6) is -0.631. The van der Waals surface area contributed by atoms with Gasteiger partial charge < -0.3 is 0 Å². The van der Waals surface area contributed by atoms with Crippen LogP contribution in [0.5, 0.6) is 0 Å². The van der Waals surface area contributed by atoms with Crippen LogP contribution < -0.4 is 0 Å². The molecule has 0 aliphatic heterocycles. The number of halogens is 3. The predicted molar refractivity (Wildman–Crippen MR) is 69.0 cm³/mol. The van der Waals surface area contributed by atoms with Gasteiger partial charge in [0, 0.05) is 27.4 Å². The zero-order valence-corrected chi connectivity index (χ0v) is 10.6. The van der Waals surface area contributed by atoms with Crippen LogP contribution in [0.3, 0.4) is 0 Å². The van der Waals surface area contributed by atoms with E-state index in [1.165, 1.54) is 6.20 Å². The fraction of sp³-hybridized carbons (Fsp3) is 0.0769. The van der Waals surface area contributed by atoms with Crippen molar-refractivity contribution in [2.75, 3.05) is 0 Å². The molecule has 2 nitrogen and oxygen atoms in total. The van der Waals surface area contributed by atoms with Crippen molar-refractivity contribution in [1.82, 2.24) is 4.98 Å². The van der Waals surface area contributed by atoms with Crippen LogP contribution in [0.4, 0.5) is 4.39 Å². The SMILES string of the molecule is N#CCc1cc(-c2cc(Cl)cc(Cl)c2)cnc1F. The number of nitrogens with zero attached hydrogens (tertiary/aromatic N) is 2. The monoisotopic (exact) mass is 280 g/mol. The summed E-state index contributed by atoms with van der Waals surface area (Å²) in [4.78, 5) is 3.63. The van der Waals surface area contributed by atoms with Gasteiger partial charge in [0.1, 0.15) is 0 Å². The maximum Gasteiger partial charge on any atom is 0.217 e. The van der Waals surface area contributed by atoms with Gasteiger partial charge in [0.05, 0.1) is 12.5 Å². The third-order valence-electron chi connectivity index (χ3n) is 2.38. The van der Waals surface area contributed by atoms with E-state index in [2.05, 4.69) is 4.98 Å². The first kappa shape index (κ1) is 12.8. The Hall–Kier alpha value is -1.63. The minimum atomic E-state index is -0.631. The van der Waals surface area contributed by atoms with Crippen LogP contribution in [0.25, 0.3) is 11.1 Å². The lowest BCUT2D eigenvalue weighted by atomic mass is 10.1. The number of hydrogen-bond donors (Lipinski definition) is 0. The number of benzene rings is 1. The molecule has 2 aromatic rings. The molecule has 0 unspecified atom stereocenters. The van der Waals surface area contributed by atoms with E-state index in [1.54, 1.807) is 24.3 Å². The van der Waals surface area contributed by atoms with Crippen LogP contribution in [0.15, 0.2) is 30.5 Å². The second-order valence-corrected chi connectivity index (χ2v) is 4.54. The molecule has 0 spiro atoms. The number of nitriles is 1. The predicted octanol–water partition coefficient (Wildman–Crippen LogP) is 4.26. The molecular weight excluding hydrogens is 274 g/mol. The second kappa shape index (κ2) is 5.34. The van der Waals surface area contributed by atoms with E-state index in [0.29, 0.717) is 15.6 Å². The van der Waals surface area contributed by atoms with Crippen LogP contribution in [0.1, 0.15) is 5.56 Å². The van der Waals surface area contributed by atoms with Crippen molar-refractivity contribution >= 4 is 23.2 Å². The van der Waals surface area contributed by atoms with Crippen molar-refractivity contribution in [3.8, 4) is 17.2 Å². The molecule has 0 aliphatic rings. The van der Waals surface area contributed by atoms with Crippen molar-refractivity contribution in [3.63, 3.8) is 0 Å². The van der Waals surface area contributed by atoms with Crippen LogP contribution in [-0.2, 0) is 6.42 Å². The highest BCUT2D eigenvalue weighted by atomic mass is 35.5. The molecule has 0 N–H and O–H groups in total. The maximum absolute atomic E-state index is 13.3. The summed E-state index contributed by atoms with van der Waals surface area (Å²) in [5, 5.41) is 9.59. The minimum Gasteiger partial charge on any atom is -0.227 e. The number of hydrogen-bond acceptors (Lipinski definition) is 2. The Balaban J connectivity index is 2.51. The summed E-state index contributed by atoms with van der Waals surface area (Å²) >= 11 is 11.8. The summed E-state index contributed by atoms with van der Waals surface area (Å²) < 4.78 is 13.3. The second-order valence-electron chi connectivity index (χ2n) is 3.67. The molecule has 1 aromatic carbocycles. The third-order valence-corrected chi connectivity index (χ3v) is 2.81. The highest BCUT2D eigenvalue weighted by Gasteiger charge is 2.07. The van der Waals surface area contributed by atoms with Crippen LogP contribution in [0, 0.1) is 17.3 Å². The Labute approximate surface area is 114 Å². The van der Waals surface area contributed by atoms with E-state index in [0.717, 1.165) is 5.56 Å². The molecule has 0 fully saturated rings. The highest BCUT2D eigenvalue weighted by Crippen LogP contribution is 2.27. The summed E-state index contributed by atoms with van der Waals surface area (Å²) in [7, 11) is 0. The molecular formula is C13H7Cl2FN2. The van der Waals surface area contributed by atoms with Gasteiger partial charge in [-0.25, -0.2) is 4.98 Å². The van der Waals surface area contributed by atoms with Crippen LogP contribution in [0.2, 0.25) is 10.0 Å². The summed E-state index contributed by atoms with van der Waals surface area (Å²) in [6, 6.07) is 8.50. The molecule has 18 heavy (non-hydrogen) atoms. The van der Waals surface area contributed by atoms with E-state index in [4.69, 9.17) is 28.5 Å². The molecule has 90 valence electrons. The standard InChI is InChI=1S/C13H7Cl2FN2/c14-11-4-9(5-12(15)6-11)10-3-8(1-2-17)13(16)18-7-10/h3-7H,1H2. The van der Waals surface area contributed by atoms with Gasteiger partial charge in [0.15, 0.2) is 0 Å². The number of aromatic nitrogens is 1. The van der Waals surface area contributed by atoms with Crippen LogP contribution in [-0.4, -0.2) is 4.98 Å². The van der Waals surface area contributed by atoms with E-state index in [1.807, 2.05) is 6.07 Å². The van der Waals surface area contributed by atoms with E-state index >= 15 is 0 Å². The Morgan fingerprint density at radius 1 is 1.11 bits per heavy atom. The Morgan fingerprint density at radius 3 is 2.39 bits per heavy atom. The molecule has 0 aliphatic carbocycles. The average molecular weight is 281 g/mol. The Morgan fingerprint density at radius 2 is 1.78 bits per heavy atom. The lowest BCUT2D eigenvalue weighted by Crippen LogP contribution is -1.94. The summed E-state index contributed by atoms with van der Waals surface area (Å²) in [6.07, 6.45) is 1.36. The zero-order chi connectivity index (χ0) is 13.1. The molecule has 0 bridgehead atoms. The fourth-order valence-corrected chi connectivity index (χ4v) is 2.11. The molecule has 1 heterocycles. The van der Waals surface area contributed by atoms with E-state index in [9.17, 15) is 4.39 Å². The van der Waals surface area contributed by atoms with Crippen molar-refractivity contribution in [2.45, 2.75) is 6.42 Å². The summed E-state index contributed by atoms with van der Waals surface area (Å²) in [5.41, 5.74) is 1.66. The van der Waals surface area contributed by atoms with Crippen molar-refractivity contribution in [1.29, 1.82) is 5.26 Å². The van der Waals surface area contributed by atoms with Gasteiger partial charge in [0.2, 0.25) is 5.95 Å². The van der Waals surface area contributed by atoms with Crippen LogP contribution >= 0.6 is 23.2 Å². The molecule has 0 amide bonds. The molecule has 5 heteroatoms. The normalized spacial score (nSPS) is 10.1. The molecule has 0 saturated carbocycles. The summed E-state index contributed by atoms with van der Waals surface area (Å²) in [6.45, 7) is 0. The first-order valence-corrected chi connectivity index (χ1v) is 5.83. The lowest BCUT2D eigenvalue weighted by Gasteiger charge is -2.05. The Bertz CT molecular complexity index is 615. The van der Waals surface area contributed by atoms with Gasteiger partial charge in [-0.3, -0.25) is 0 Å². The zero-order valence-electron chi connectivity index (χ0n) is 9.12. The largest absolute Gasteiger partial charge is 0.227 e. The first-order valence-electron chi connectivity index (χ1n) is 5.08. The smallest absolute Gasteiger partial charge is 0.217 e. The maximum atomic E-state index is 13.3. The van der Waals surface area contributed by atoms with Crippen molar-refractivity contribution in [3.05, 3.63) is 52.0 Å². The lowest BCUT2D eigenvalue weighted by molar-refractivity contribution is 0.571. The first-order chi connectivity index (χ1) is 8.60. The fourth-order valence-electron chi connectivity index (χ4n) is 1.58. The Kier molecular flexibility index (Phi) is 3.81. The molecule has 1 aromatic heterocycles. The number of rotatable bonds is 2. The van der Waals surface area contributed by atoms with Gasteiger partial charge in [0.25, 0.3) is 0 Å². The van der Waals surface area contributed by atoms with Gasteiger partial charge in [-0.05, 0) is 29.8 Å². The van der Waals surface area contributed by atoms with Crippen molar-refractivity contribution in [2.24, 2.45) is 0 Å². The number of pyridine rings is 1. The van der Waals surface area contributed by atoms with Gasteiger partial charge >= 0.3 is 0 Å². The quantitative estimate of drug-likeness (QED) is 0.771. The molecule has 0 saturated heterocycles. The molecule has 0 atom stereocenters. The van der Waals surface area contributed by atoms with Gasteiger partial charge in [-0.2, -0.15) is 9.65 Å². The highest BCUT2D eigenvalue weighted by molar-refractivity contribution is 6.35. The van der Waals surface area contributed by atoms with Crippen molar-refractivity contribution < 1.29 is 4.39 Å². The van der Waals surface area contributed by atoms with Gasteiger partial charge in [-0.1, -0.05) is 23.2 Å². The van der Waals surface area contributed by atoms with E-state index in [-0.39, 0.29) is 12.0 Å². The third kappa shape index (κ3) is 2.79.